The largest absolute Gasteiger partial charge is 0.465 e. The zero-order valence-corrected chi connectivity index (χ0v) is 18.4. The number of fused-ring (bicyclic) bond motifs is 1. The van der Waals surface area contributed by atoms with Gasteiger partial charge in [0.15, 0.2) is 0 Å². The Bertz CT molecular complexity index is 1020. The summed E-state index contributed by atoms with van der Waals surface area (Å²) in [5.41, 5.74) is 2.24. The molecular weight excluding hydrogens is 398 g/mol. The predicted molar refractivity (Wildman–Crippen MR) is 112 cm³/mol. The lowest BCUT2D eigenvalue weighted by molar-refractivity contribution is -0.155. The summed E-state index contributed by atoms with van der Waals surface area (Å²) in [6, 6.07) is 7.24. The quantitative estimate of drug-likeness (QED) is 0.580. The second-order valence-corrected chi connectivity index (χ2v) is 8.29. The molecule has 0 bridgehead atoms. The number of aryl methyl sites for hydroxylation is 2. The molecule has 4 rings (SSSR count). The number of carbonyl (C=O) groups excluding carboxylic acids is 3. The van der Waals surface area contributed by atoms with Gasteiger partial charge < -0.3 is 9.26 Å². The Morgan fingerprint density at radius 2 is 1.87 bits per heavy atom. The van der Waals surface area contributed by atoms with E-state index in [9.17, 15) is 14.4 Å². The normalized spacial score (nSPS) is 27.6. The van der Waals surface area contributed by atoms with Crippen LogP contribution in [-0.2, 0) is 19.1 Å². The standard InChI is InChI=1S/C23H27N3O5/c1-6-26-20(27)17-18(21(26)28)23(5,22(29)30-7-2)24-19(17)15-10-8-14(9-11-15)16-12(3)25-31-13(16)4/h8-11,17-19,24H,6-7H2,1-5H3/t17?,18?,19-,23-/m1/s1. The van der Waals surface area contributed by atoms with E-state index in [-0.39, 0.29) is 25.0 Å². The maximum absolute atomic E-state index is 13.1. The molecule has 0 spiro atoms. The van der Waals surface area contributed by atoms with E-state index in [1.807, 2.05) is 38.1 Å². The van der Waals surface area contributed by atoms with Crippen LogP contribution in [0.1, 0.15) is 43.8 Å². The fourth-order valence-electron chi connectivity index (χ4n) is 5.02. The zero-order valence-electron chi connectivity index (χ0n) is 18.4. The van der Waals surface area contributed by atoms with E-state index in [2.05, 4.69) is 10.5 Å². The third kappa shape index (κ3) is 3.08. The number of hydrogen-bond acceptors (Lipinski definition) is 7. The highest BCUT2D eigenvalue weighted by atomic mass is 16.5. The van der Waals surface area contributed by atoms with E-state index in [0.717, 1.165) is 28.1 Å². The third-order valence-electron chi connectivity index (χ3n) is 6.49. The Labute approximate surface area is 180 Å². The van der Waals surface area contributed by atoms with Crippen LogP contribution in [0, 0.1) is 25.7 Å². The van der Waals surface area contributed by atoms with Crippen LogP contribution in [0.3, 0.4) is 0 Å². The summed E-state index contributed by atoms with van der Waals surface area (Å²) in [7, 11) is 0. The number of aromatic nitrogens is 1. The van der Waals surface area contributed by atoms with Gasteiger partial charge in [-0.1, -0.05) is 29.4 Å². The topological polar surface area (TPSA) is 102 Å². The van der Waals surface area contributed by atoms with E-state index >= 15 is 0 Å². The molecule has 31 heavy (non-hydrogen) atoms. The first-order chi connectivity index (χ1) is 14.7. The van der Waals surface area contributed by atoms with Crippen LogP contribution in [0.5, 0.6) is 0 Å². The van der Waals surface area contributed by atoms with Crippen molar-refractivity contribution < 1.29 is 23.6 Å². The first-order valence-electron chi connectivity index (χ1n) is 10.6. The third-order valence-corrected chi connectivity index (χ3v) is 6.49. The fraction of sp³-hybridized carbons (Fsp3) is 0.478. The van der Waals surface area contributed by atoms with Crippen LogP contribution in [0.4, 0.5) is 0 Å². The zero-order chi connectivity index (χ0) is 22.5. The first kappa shape index (κ1) is 21.2. The average Bonchev–Trinajstić information content (AvgIpc) is 3.34. The van der Waals surface area contributed by atoms with Crippen LogP contribution >= 0.6 is 0 Å². The summed E-state index contributed by atoms with van der Waals surface area (Å²) in [5.74, 6) is -1.82. The molecule has 1 aromatic heterocycles. The number of ether oxygens (including phenoxy) is 1. The number of rotatable bonds is 5. The van der Waals surface area contributed by atoms with Gasteiger partial charge in [0.05, 0.1) is 24.1 Å². The van der Waals surface area contributed by atoms with Gasteiger partial charge in [-0.25, -0.2) is 0 Å². The molecule has 1 N–H and O–H groups in total. The van der Waals surface area contributed by atoms with Gasteiger partial charge >= 0.3 is 5.97 Å². The van der Waals surface area contributed by atoms with Crippen molar-refractivity contribution in [1.82, 2.24) is 15.4 Å². The molecule has 0 radical (unpaired) electrons. The Morgan fingerprint density at radius 1 is 1.19 bits per heavy atom. The summed E-state index contributed by atoms with van der Waals surface area (Å²) in [5, 5.41) is 7.28. The van der Waals surface area contributed by atoms with Crippen LogP contribution < -0.4 is 5.32 Å². The number of likely N-dealkylation sites (tertiary alicyclic amines) is 1. The summed E-state index contributed by atoms with van der Waals surface area (Å²) >= 11 is 0. The van der Waals surface area contributed by atoms with Crippen molar-refractivity contribution in [2.45, 2.75) is 46.2 Å². The molecule has 8 heteroatoms. The van der Waals surface area contributed by atoms with Gasteiger partial charge in [0.1, 0.15) is 11.3 Å². The molecule has 0 aliphatic carbocycles. The molecule has 8 nitrogen and oxygen atoms in total. The molecule has 3 heterocycles. The summed E-state index contributed by atoms with van der Waals surface area (Å²) in [4.78, 5) is 40.3. The molecular formula is C23H27N3O5. The lowest BCUT2D eigenvalue weighted by Crippen LogP contribution is -2.54. The average molecular weight is 425 g/mol. The molecule has 2 saturated heterocycles. The van der Waals surface area contributed by atoms with Crippen molar-refractivity contribution in [1.29, 1.82) is 0 Å². The number of imide groups is 1. The van der Waals surface area contributed by atoms with Crippen molar-refractivity contribution in [2.75, 3.05) is 13.2 Å². The number of nitrogens with one attached hydrogen (secondary N) is 1. The van der Waals surface area contributed by atoms with Gasteiger partial charge in [-0.2, -0.15) is 0 Å². The van der Waals surface area contributed by atoms with Crippen LogP contribution in [0.2, 0.25) is 0 Å². The van der Waals surface area contributed by atoms with E-state index in [0.29, 0.717) is 0 Å². The Kier molecular flexibility index (Phi) is 5.21. The lowest BCUT2D eigenvalue weighted by Gasteiger charge is -2.29. The van der Waals surface area contributed by atoms with Gasteiger partial charge in [0.25, 0.3) is 0 Å². The van der Waals surface area contributed by atoms with Crippen molar-refractivity contribution >= 4 is 17.8 Å². The van der Waals surface area contributed by atoms with Crippen LogP contribution in [0.15, 0.2) is 28.8 Å². The summed E-state index contributed by atoms with van der Waals surface area (Å²) < 4.78 is 10.5. The number of esters is 1. The van der Waals surface area contributed by atoms with Gasteiger partial charge in [-0.05, 0) is 45.7 Å². The lowest BCUT2D eigenvalue weighted by atomic mass is 9.80. The van der Waals surface area contributed by atoms with Crippen molar-refractivity contribution in [3.05, 3.63) is 41.3 Å². The second kappa shape index (κ2) is 7.60. The number of nitrogens with zero attached hydrogens (tertiary/aromatic N) is 2. The van der Waals surface area contributed by atoms with Crippen molar-refractivity contribution in [3.8, 4) is 11.1 Å². The predicted octanol–water partition coefficient (Wildman–Crippen LogP) is 2.55. The minimum atomic E-state index is -1.28. The number of carbonyl (C=O) groups is 3. The van der Waals surface area contributed by atoms with Gasteiger partial charge in [-0.3, -0.25) is 24.6 Å². The fourth-order valence-corrected chi connectivity index (χ4v) is 5.02. The molecule has 2 aliphatic rings. The molecule has 164 valence electrons. The highest BCUT2D eigenvalue weighted by Gasteiger charge is 2.66. The van der Waals surface area contributed by atoms with E-state index < -0.39 is 29.4 Å². The SMILES string of the molecule is CCOC(=O)[C@]1(C)N[C@H](c2ccc(-c3c(C)noc3C)cc2)C2C(=O)N(CC)C(=O)C21. The minimum absolute atomic E-state index is 0.198. The Morgan fingerprint density at radius 3 is 2.42 bits per heavy atom. The highest BCUT2D eigenvalue weighted by Crippen LogP contribution is 2.49. The van der Waals surface area contributed by atoms with Crippen molar-refractivity contribution in [2.24, 2.45) is 11.8 Å². The number of benzene rings is 1. The second-order valence-electron chi connectivity index (χ2n) is 8.29. The smallest absolute Gasteiger partial charge is 0.326 e. The number of hydrogen-bond donors (Lipinski definition) is 1. The maximum atomic E-state index is 13.1. The van der Waals surface area contributed by atoms with Crippen molar-refractivity contribution in [3.63, 3.8) is 0 Å². The molecule has 2 aromatic rings. The first-order valence-corrected chi connectivity index (χ1v) is 10.6. The van der Waals surface area contributed by atoms with Gasteiger partial charge in [0, 0.05) is 18.2 Å². The molecule has 0 saturated carbocycles. The van der Waals surface area contributed by atoms with E-state index in [1.165, 1.54) is 4.90 Å². The molecule has 2 fully saturated rings. The minimum Gasteiger partial charge on any atom is -0.465 e. The highest BCUT2D eigenvalue weighted by molar-refractivity contribution is 6.09. The summed E-state index contributed by atoms with van der Waals surface area (Å²) in [6.45, 7) is 9.36. The van der Waals surface area contributed by atoms with Gasteiger partial charge in [-0.15, -0.1) is 0 Å². The van der Waals surface area contributed by atoms with E-state index in [1.54, 1.807) is 20.8 Å². The number of amides is 2. The van der Waals surface area contributed by atoms with Crippen LogP contribution in [-0.4, -0.2) is 46.5 Å². The molecule has 2 aliphatic heterocycles. The Hall–Kier alpha value is -3.00. The van der Waals surface area contributed by atoms with Crippen LogP contribution in [0.25, 0.3) is 11.1 Å². The molecule has 2 unspecified atom stereocenters. The van der Waals surface area contributed by atoms with Gasteiger partial charge in [0.2, 0.25) is 11.8 Å². The molecule has 2 amide bonds. The monoisotopic (exact) mass is 425 g/mol. The molecule has 1 aromatic carbocycles. The Balaban J connectivity index is 1.73. The summed E-state index contributed by atoms with van der Waals surface area (Å²) in [6.07, 6.45) is 0. The molecule has 4 atom stereocenters. The van der Waals surface area contributed by atoms with E-state index in [4.69, 9.17) is 9.26 Å². The maximum Gasteiger partial charge on any atom is 0.326 e.